The van der Waals surface area contributed by atoms with Crippen LogP contribution in [-0.2, 0) is 0 Å². The Kier molecular flexibility index (Phi) is 8.38. The van der Waals surface area contributed by atoms with Gasteiger partial charge in [-0.05, 0) is 81.8 Å². The van der Waals surface area contributed by atoms with Crippen LogP contribution < -0.4 is 25.6 Å². The number of benzene rings is 7. The van der Waals surface area contributed by atoms with Crippen molar-refractivity contribution in [2.75, 3.05) is 4.90 Å². The summed E-state index contributed by atoms with van der Waals surface area (Å²) in [5.41, 5.74) is 7.85. The van der Waals surface area contributed by atoms with E-state index in [9.17, 15) is 0 Å². The van der Waals surface area contributed by atoms with E-state index in [4.69, 9.17) is 4.98 Å². The van der Waals surface area contributed by atoms with Crippen LogP contribution in [-0.4, -0.2) is 22.6 Å². The summed E-state index contributed by atoms with van der Waals surface area (Å²) in [6, 6.07) is 71.7. The van der Waals surface area contributed by atoms with Gasteiger partial charge in [-0.25, -0.2) is 9.37 Å². The first kappa shape index (κ1) is 34.8. The van der Waals surface area contributed by atoms with E-state index in [2.05, 4.69) is 166 Å². The Morgan fingerprint density at radius 1 is 0.525 bits per heavy atom. The summed E-state index contributed by atoms with van der Waals surface area (Å²) in [6.07, 6.45) is 2.14. The third-order valence-corrected chi connectivity index (χ3v) is 16.7. The van der Waals surface area contributed by atoms with E-state index >= 15 is 4.39 Å². The summed E-state index contributed by atoms with van der Waals surface area (Å²) < 4.78 is 20.8. The number of nitrogens with zero attached hydrogens (tertiary/aromatic N) is 4. The van der Waals surface area contributed by atoms with Crippen LogP contribution in [0.15, 0.2) is 219 Å². The molecule has 11 rings (SSSR count). The molecule has 4 nitrogen and oxygen atoms in total. The van der Waals surface area contributed by atoms with Gasteiger partial charge >= 0.3 is 0 Å². The minimum Gasteiger partial charge on any atom is -0.309 e. The second-order valence-electron chi connectivity index (χ2n) is 15.0. The first-order valence-electron chi connectivity index (χ1n) is 20.0. The third kappa shape index (κ3) is 5.41. The SMILES string of the molecule is FC(c1cccc(-c2ccccn2)c1)c1cc2c(c3c1c1ccccc1n3-c1ccccc1)[Si](c1ccccc1)(c1ccccc1)c1ccccc1N2c1ccccn1. The fourth-order valence-corrected chi connectivity index (χ4v) is 14.7. The number of anilines is 3. The van der Waals surface area contributed by atoms with Crippen molar-refractivity contribution in [3.8, 4) is 16.9 Å². The number of aromatic nitrogens is 3. The van der Waals surface area contributed by atoms with Crippen LogP contribution in [0.3, 0.4) is 0 Å². The van der Waals surface area contributed by atoms with Gasteiger partial charge in [0.2, 0.25) is 0 Å². The quantitative estimate of drug-likeness (QED) is 0.151. The molecule has 0 fully saturated rings. The molecule has 280 valence electrons. The van der Waals surface area contributed by atoms with Gasteiger partial charge in [-0.3, -0.25) is 9.88 Å². The molecule has 3 aromatic heterocycles. The number of rotatable bonds is 7. The van der Waals surface area contributed by atoms with Crippen molar-refractivity contribution < 1.29 is 4.39 Å². The molecule has 1 atom stereocenters. The lowest BCUT2D eigenvalue weighted by Crippen LogP contribution is -2.77. The predicted octanol–water partition coefficient (Wildman–Crippen LogP) is 10.5. The zero-order valence-corrected chi connectivity index (χ0v) is 33.0. The summed E-state index contributed by atoms with van der Waals surface area (Å²) in [6.45, 7) is 0. The second kappa shape index (κ2) is 14.2. The average Bonchev–Trinajstić information content (AvgIpc) is 3.67. The van der Waals surface area contributed by atoms with Crippen LogP contribution in [0.1, 0.15) is 17.3 Å². The first-order chi connectivity index (χ1) is 29.2. The molecule has 6 heteroatoms. The van der Waals surface area contributed by atoms with Gasteiger partial charge in [0, 0.05) is 50.9 Å². The maximum Gasteiger partial charge on any atom is 0.186 e. The van der Waals surface area contributed by atoms with Crippen LogP contribution in [0.5, 0.6) is 0 Å². The highest BCUT2D eigenvalue weighted by Gasteiger charge is 2.51. The Bertz CT molecular complexity index is 3080. The van der Waals surface area contributed by atoms with Gasteiger partial charge in [0.1, 0.15) is 5.82 Å². The summed E-state index contributed by atoms with van der Waals surface area (Å²) in [5, 5.41) is 6.84. The Labute approximate surface area is 343 Å². The molecule has 7 aromatic carbocycles. The van der Waals surface area contributed by atoms with E-state index < -0.39 is 14.2 Å². The molecule has 59 heavy (non-hydrogen) atoms. The molecule has 0 saturated carbocycles. The van der Waals surface area contributed by atoms with E-state index in [0.717, 1.165) is 55.9 Å². The van der Waals surface area contributed by atoms with Crippen LogP contribution in [0.2, 0.25) is 0 Å². The second-order valence-corrected chi connectivity index (χ2v) is 18.7. The van der Waals surface area contributed by atoms with Crippen molar-refractivity contribution in [1.29, 1.82) is 0 Å². The lowest BCUT2D eigenvalue weighted by atomic mass is 9.95. The minimum absolute atomic E-state index is 0.571. The van der Waals surface area contributed by atoms with Gasteiger partial charge in [-0.15, -0.1) is 0 Å². The predicted molar refractivity (Wildman–Crippen MR) is 243 cm³/mol. The maximum absolute atomic E-state index is 18.4. The third-order valence-electron chi connectivity index (χ3n) is 11.8. The lowest BCUT2D eigenvalue weighted by molar-refractivity contribution is 0.405. The van der Waals surface area contributed by atoms with Gasteiger partial charge in [0.25, 0.3) is 0 Å². The molecule has 1 aliphatic heterocycles. The monoisotopic (exact) mass is 776 g/mol. The van der Waals surface area contributed by atoms with Crippen LogP contribution in [0.25, 0.3) is 38.8 Å². The Balaban J connectivity index is 1.37. The zero-order chi connectivity index (χ0) is 39.3. The fourth-order valence-electron chi connectivity index (χ4n) is 9.47. The summed E-state index contributed by atoms with van der Waals surface area (Å²) in [7, 11) is -3.25. The number of halogens is 1. The molecule has 0 N–H and O–H groups in total. The topological polar surface area (TPSA) is 34.0 Å². The van der Waals surface area contributed by atoms with Gasteiger partial charge < -0.3 is 4.57 Å². The van der Waals surface area contributed by atoms with Gasteiger partial charge in [-0.1, -0.05) is 146 Å². The van der Waals surface area contributed by atoms with Crippen molar-refractivity contribution in [3.05, 3.63) is 230 Å². The highest BCUT2D eigenvalue weighted by atomic mass is 28.3. The van der Waals surface area contributed by atoms with Crippen molar-refractivity contribution in [2.45, 2.75) is 6.17 Å². The summed E-state index contributed by atoms with van der Waals surface area (Å²) in [5.74, 6) is 0.769. The van der Waals surface area contributed by atoms with Crippen LogP contribution >= 0.6 is 0 Å². The molecular weight excluding hydrogens is 740 g/mol. The normalized spacial score (nSPS) is 13.5. The number of alkyl halides is 1. The average molecular weight is 777 g/mol. The Morgan fingerprint density at radius 2 is 1.17 bits per heavy atom. The van der Waals surface area contributed by atoms with Gasteiger partial charge in [0.05, 0.1) is 22.4 Å². The lowest BCUT2D eigenvalue weighted by Gasteiger charge is -2.45. The Hall–Kier alpha value is -7.41. The summed E-state index contributed by atoms with van der Waals surface area (Å²) in [4.78, 5) is 11.9. The summed E-state index contributed by atoms with van der Waals surface area (Å²) >= 11 is 0. The van der Waals surface area contributed by atoms with Crippen LogP contribution in [0, 0.1) is 0 Å². The smallest absolute Gasteiger partial charge is 0.186 e. The number of para-hydroxylation sites is 3. The standard InChI is InChI=1S/C53H37FN4Si/c54-51(38-20-18-19-37(35-38)44-28-14-16-33-55-44)43-36-47-53(52-50(43)42-27-10-11-29-45(42)57(52)39-21-4-1-5-22-39)59(40-23-6-2-7-24-40,41-25-8-3-9-26-41)48-31-13-12-30-46(48)58(47)49-32-15-17-34-56-49/h1-36,51H. The molecule has 0 spiro atoms. The molecule has 4 heterocycles. The highest BCUT2D eigenvalue weighted by Crippen LogP contribution is 2.46. The molecule has 0 amide bonds. The minimum atomic E-state index is -3.25. The molecule has 0 aliphatic carbocycles. The number of hydrogen-bond donors (Lipinski definition) is 0. The van der Waals surface area contributed by atoms with Gasteiger partial charge in [0.15, 0.2) is 14.2 Å². The van der Waals surface area contributed by atoms with E-state index in [1.54, 1.807) is 6.20 Å². The molecule has 1 unspecified atom stereocenters. The molecule has 0 radical (unpaired) electrons. The Morgan fingerprint density at radius 3 is 1.88 bits per heavy atom. The van der Waals surface area contributed by atoms with Crippen molar-refractivity contribution in [1.82, 2.24) is 14.5 Å². The van der Waals surface area contributed by atoms with E-state index in [1.807, 2.05) is 60.8 Å². The molecule has 0 bridgehead atoms. The van der Waals surface area contributed by atoms with Crippen molar-refractivity contribution in [2.24, 2.45) is 0 Å². The van der Waals surface area contributed by atoms with E-state index in [1.165, 1.54) is 20.7 Å². The molecular formula is C53H37FN4Si. The van der Waals surface area contributed by atoms with E-state index in [-0.39, 0.29) is 0 Å². The first-order valence-corrected chi connectivity index (χ1v) is 22.0. The zero-order valence-electron chi connectivity index (χ0n) is 32.0. The fraction of sp³-hybridized carbons (Fsp3) is 0.0189. The van der Waals surface area contributed by atoms with Crippen molar-refractivity contribution in [3.63, 3.8) is 0 Å². The van der Waals surface area contributed by atoms with Gasteiger partial charge in [-0.2, -0.15) is 0 Å². The number of pyridine rings is 2. The molecule has 10 aromatic rings. The number of fused-ring (bicyclic) bond motifs is 6. The van der Waals surface area contributed by atoms with E-state index in [0.29, 0.717) is 11.1 Å². The molecule has 1 aliphatic rings. The highest BCUT2D eigenvalue weighted by molar-refractivity contribution is 7.22. The van der Waals surface area contributed by atoms with Crippen LogP contribution in [0.4, 0.5) is 21.6 Å². The van der Waals surface area contributed by atoms with Crippen molar-refractivity contribution >= 4 is 67.8 Å². The number of hydrogen-bond acceptors (Lipinski definition) is 3. The largest absolute Gasteiger partial charge is 0.309 e. The molecule has 0 saturated heterocycles. The maximum atomic E-state index is 18.4.